The highest BCUT2D eigenvalue weighted by Crippen LogP contribution is 2.15. The van der Waals surface area contributed by atoms with Crippen molar-refractivity contribution in [1.29, 1.82) is 0 Å². The molecule has 0 aromatic heterocycles. The summed E-state index contributed by atoms with van der Waals surface area (Å²) in [6, 6.07) is 6.48. The fourth-order valence-corrected chi connectivity index (χ4v) is 2.14. The van der Waals surface area contributed by atoms with E-state index >= 15 is 0 Å². The zero-order valence-corrected chi connectivity index (χ0v) is 9.85. The lowest BCUT2D eigenvalue weighted by Crippen LogP contribution is -2.21. The van der Waals surface area contributed by atoms with Crippen LogP contribution in [0.4, 0.5) is 4.39 Å². The first-order valence-electron chi connectivity index (χ1n) is 6.03. The molecule has 1 unspecified atom stereocenters. The Bertz CT molecular complexity index is 374. The first-order valence-corrected chi connectivity index (χ1v) is 6.03. The van der Waals surface area contributed by atoms with Crippen molar-refractivity contribution in [3.63, 3.8) is 0 Å². The largest absolute Gasteiger partial charge is 0.396 e. The van der Waals surface area contributed by atoms with Gasteiger partial charge in [0.05, 0.1) is 0 Å². The molecule has 1 aromatic carbocycles. The predicted molar refractivity (Wildman–Crippen MR) is 67.1 cm³/mol. The van der Waals surface area contributed by atoms with Gasteiger partial charge in [0, 0.05) is 19.7 Å². The quantitative estimate of drug-likeness (QED) is 0.864. The molecule has 1 atom stereocenters. The Morgan fingerprint density at radius 1 is 1.35 bits per heavy atom. The van der Waals surface area contributed by atoms with E-state index in [0.717, 1.165) is 31.6 Å². The Kier molecular flexibility index (Phi) is 4.29. The molecule has 1 aliphatic rings. The van der Waals surface area contributed by atoms with Gasteiger partial charge in [-0.2, -0.15) is 0 Å². The smallest absolute Gasteiger partial charge is 0.123 e. The van der Waals surface area contributed by atoms with E-state index in [2.05, 4.69) is 11.0 Å². The molecule has 0 aliphatic carbocycles. The van der Waals surface area contributed by atoms with Crippen molar-refractivity contribution in [2.45, 2.75) is 6.42 Å². The second-order valence-electron chi connectivity index (χ2n) is 4.55. The number of halogens is 1. The van der Waals surface area contributed by atoms with Gasteiger partial charge in [-0.05, 0) is 36.6 Å². The summed E-state index contributed by atoms with van der Waals surface area (Å²) < 4.78 is 12.7. The molecule has 1 aliphatic heterocycles. The Balaban J connectivity index is 1.80. The van der Waals surface area contributed by atoms with Crippen LogP contribution in [0.2, 0.25) is 0 Å². The zero-order valence-electron chi connectivity index (χ0n) is 9.85. The van der Waals surface area contributed by atoms with E-state index in [0.29, 0.717) is 5.92 Å². The maximum absolute atomic E-state index is 12.7. The van der Waals surface area contributed by atoms with Gasteiger partial charge in [-0.1, -0.05) is 24.3 Å². The van der Waals surface area contributed by atoms with Crippen LogP contribution in [0.5, 0.6) is 0 Å². The normalized spacial score (nSPS) is 21.4. The molecule has 92 valence electrons. The van der Waals surface area contributed by atoms with Crippen molar-refractivity contribution in [3.05, 3.63) is 41.7 Å². The monoisotopic (exact) mass is 235 g/mol. The van der Waals surface area contributed by atoms with Crippen molar-refractivity contribution in [2.24, 2.45) is 5.92 Å². The van der Waals surface area contributed by atoms with Crippen LogP contribution in [-0.2, 0) is 0 Å². The molecule has 1 saturated heterocycles. The summed E-state index contributed by atoms with van der Waals surface area (Å²) in [6.07, 6.45) is 5.18. The second kappa shape index (κ2) is 5.94. The summed E-state index contributed by atoms with van der Waals surface area (Å²) in [5, 5.41) is 9.03. The number of nitrogens with zero attached hydrogens (tertiary/aromatic N) is 1. The van der Waals surface area contributed by atoms with Gasteiger partial charge >= 0.3 is 0 Å². The van der Waals surface area contributed by atoms with Crippen LogP contribution in [-0.4, -0.2) is 36.2 Å². The summed E-state index contributed by atoms with van der Waals surface area (Å²) in [5.41, 5.74) is 1.02. The fraction of sp³-hybridized carbons (Fsp3) is 0.429. The number of likely N-dealkylation sites (tertiary alicyclic amines) is 1. The van der Waals surface area contributed by atoms with Crippen molar-refractivity contribution >= 4 is 6.08 Å². The van der Waals surface area contributed by atoms with E-state index in [1.165, 1.54) is 12.1 Å². The first kappa shape index (κ1) is 12.3. The molecule has 0 amide bonds. The minimum absolute atomic E-state index is 0.201. The maximum Gasteiger partial charge on any atom is 0.123 e. The topological polar surface area (TPSA) is 23.5 Å². The van der Waals surface area contributed by atoms with Crippen LogP contribution in [0, 0.1) is 11.7 Å². The molecule has 1 fully saturated rings. The SMILES string of the molecule is OCC1CCN(C/C=C/c2ccc(F)cc2)C1. The van der Waals surface area contributed by atoms with E-state index in [9.17, 15) is 4.39 Å². The number of hydrogen-bond acceptors (Lipinski definition) is 2. The molecule has 1 N–H and O–H groups in total. The number of aliphatic hydroxyl groups excluding tert-OH is 1. The number of benzene rings is 1. The van der Waals surface area contributed by atoms with Crippen molar-refractivity contribution in [2.75, 3.05) is 26.2 Å². The zero-order chi connectivity index (χ0) is 12.1. The molecule has 0 spiro atoms. The molecule has 3 heteroatoms. The van der Waals surface area contributed by atoms with Crippen molar-refractivity contribution in [1.82, 2.24) is 4.90 Å². The van der Waals surface area contributed by atoms with Crippen molar-refractivity contribution in [3.8, 4) is 0 Å². The van der Waals surface area contributed by atoms with Gasteiger partial charge in [-0.15, -0.1) is 0 Å². The maximum atomic E-state index is 12.7. The van der Waals surface area contributed by atoms with Gasteiger partial charge in [0.15, 0.2) is 0 Å². The second-order valence-corrected chi connectivity index (χ2v) is 4.55. The lowest BCUT2D eigenvalue weighted by Gasteiger charge is -2.12. The highest BCUT2D eigenvalue weighted by Gasteiger charge is 2.20. The third-order valence-electron chi connectivity index (χ3n) is 3.17. The summed E-state index contributed by atoms with van der Waals surface area (Å²) in [4.78, 5) is 2.32. The Hall–Kier alpha value is -1.19. The fourth-order valence-electron chi connectivity index (χ4n) is 2.14. The third kappa shape index (κ3) is 3.65. The van der Waals surface area contributed by atoms with Gasteiger partial charge in [0.2, 0.25) is 0 Å². The van der Waals surface area contributed by atoms with Crippen LogP contribution in [0.3, 0.4) is 0 Å². The van der Waals surface area contributed by atoms with E-state index in [1.807, 2.05) is 6.08 Å². The summed E-state index contributed by atoms with van der Waals surface area (Å²) >= 11 is 0. The lowest BCUT2D eigenvalue weighted by molar-refractivity contribution is 0.225. The summed E-state index contributed by atoms with van der Waals surface area (Å²) in [6.45, 7) is 3.22. The van der Waals surface area contributed by atoms with Gasteiger partial charge < -0.3 is 5.11 Å². The molecule has 0 bridgehead atoms. The first-order chi connectivity index (χ1) is 8.28. The molecule has 0 saturated carbocycles. The third-order valence-corrected chi connectivity index (χ3v) is 3.17. The minimum Gasteiger partial charge on any atom is -0.396 e. The Morgan fingerprint density at radius 3 is 2.76 bits per heavy atom. The Morgan fingerprint density at radius 2 is 2.12 bits per heavy atom. The van der Waals surface area contributed by atoms with Gasteiger partial charge in [0.1, 0.15) is 5.82 Å². The molecular formula is C14H18FNO. The van der Waals surface area contributed by atoms with E-state index in [1.54, 1.807) is 12.1 Å². The highest BCUT2D eigenvalue weighted by atomic mass is 19.1. The molecular weight excluding hydrogens is 217 g/mol. The molecule has 17 heavy (non-hydrogen) atoms. The average Bonchev–Trinajstić information content (AvgIpc) is 2.80. The van der Waals surface area contributed by atoms with E-state index < -0.39 is 0 Å². The van der Waals surface area contributed by atoms with Gasteiger partial charge in [-0.25, -0.2) is 4.39 Å². The highest BCUT2D eigenvalue weighted by molar-refractivity contribution is 5.48. The summed E-state index contributed by atoms with van der Waals surface area (Å²) in [7, 11) is 0. The molecule has 2 nitrogen and oxygen atoms in total. The molecule has 0 radical (unpaired) electrons. The van der Waals surface area contributed by atoms with E-state index in [4.69, 9.17) is 5.11 Å². The number of rotatable bonds is 4. The van der Waals surface area contributed by atoms with Crippen LogP contribution in [0.15, 0.2) is 30.3 Å². The molecule has 2 rings (SSSR count). The average molecular weight is 235 g/mol. The molecule has 1 heterocycles. The number of hydrogen-bond donors (Lipinski definition) is 1. The van der Waals surface area contributed by atoms with Crippen molar-refractivity contribution < 1.29 is 9.50 Å². The van der Waals surface area contributed by atoms with Gasteiger partial charge in [-0.3, -0.25) is 4.90 Å². The molecule has 1 aromatic rings. The van der Waals surface area contributed by atoms with Crippen LogP contribution >= 0.6 is 0 Å². The van der Waals surface area contributed by atoms with Crippen LogP contribution in [0.1, 0.15) is 12.0 Å². The number of aliphatic hydroxyl groups is 1. The van der Waals surface area contributed by atoms with Gasteiger partial charge in [0.25, 0.3) is 0 Å². The summed E-state index contributed by atoms with van der Waals surface area (Å²) in [5.74, 6) is 0.238. The predicted octanol–water partition coefficient (Wildman–Crippen LogP) is 2.15. The van der Waals surface area contributed by atoms with E-state index in [-0.39, 0.29) is 12.4 Å². The standard InChI is InChI=1S/C14H18FNO/c15-14-5-3-12(4-6-14)2-1-8-16-9-7-13(10-16)11-17/h1-6,13,17H,7-11H2/b2-1+. The lowest BCUT2D eigenvalue weighted by atomic mass is 10.1. The van der Waals surface area contributed by atoms with Crippen LogP contribution < -0.4 is 0 Å². The van der Waals surface area contributed by atoms with Crippen LogP contribution in [0.25, 0.3) is 6.08 Å². The Labute approximate surface area is 101 Å². The minimum atomic E-state index is -0.201.